The molecule has 1 aromatic rings. The molecule has 16 heavy (non-hydrogen) atoms. The van der Waals surface area contributed by atoms with Crippen LogP contribution < -0.4 is 5.32 Å². The van der Waals surface area contributed by atoms with E-state index >= 15 is 0 Å². The molecule has 5 heteroatoms. The highest BCUT2D eigenvalue weighted by atomic mass is 79.9. The molecule has 1 heterocycles. The quantitative estimate of drug-likeness (QED) is 0.817. The van der Waals surface area contributed by atoms with Crippen LogP contribution in [0.4, 0.5) is 0 Å². The van der Waals surface area contributed by atoms with Gasteiger partial charge in [-0.3, -0.25) is 4.79 Å². The maximum Gasteiger partial charge on any atom is 0.261 e. The minimum atomic E-state index is -0.0310. The van der Waals surface area contributed by atoms with Crippen LogP contribution in [0.15, 0.2) is 12.1 Å². The van der Waals surface area contributed by atoms with Crippen LogP contribution in [-0.4, -0.2) is 17.3 Å². The molecule has 1 aromatic heterocycles. The molecule has 0 aliphatic carbocycles. The molecule has 1 rings (SSSR count). The molecule has 0 saturated heterocycles. The molecule has 0 spiro atoms. The van der Waals surface area contributed by atoms with Crippen LogP contribution in [0.25, 0.3) is 0 Å². The standard InChI is InChI=1S/C11H15BrClNOS/c1-7(2)8(5-6-12)14-11(15)9-3-4-10(13)16-9/h3-4,7-8H,5-6H2,1-2H3,(H,14,15). The van der Waals surface area contributed by atoms with Gasteiger partial charge < -0.3 is 5.32 Å². The Morgan fingerprint density at radius 1 is 1.56 bits per heavy atom. The third-order valence-electron chi connectivity index (χ3n) is 2.34. The zero-order valence-electron chi connectivity index (χ0n) is 9.30. The summed E-state index contributed by atoms with van der Waals surface area (Å²) in [5.41, 5.74) is 0. The fourth-order valence-corrected chi connectivity index (χ4v) is 2.81. The number of halogens is 2. The molecule has 0 aromatic carbocycles. The van der Waals surface area contributed by atoms with Crippen molar-refractivity contribution >= 4 is 44.8 Å². The Morgan fingerprint density at radius 2 is 2.25 bits per heavy atom. The molecule has 90 valence electrons. The van der Waals surface area contributed by atoms with Crippen molar-refractivity contribution in [3.05, 3.63) is 21.3 Å². The van der Waals surface area contributed by atoms with E-state index in [1.807, 2.05) is 0 Å². The Bertz CT molecular complexity index is 354. The second kappa shape index (κ2) is 6.62. The van der Waals surface area contributed by atoms with Gasteiger partial charge in [-0.15, -0.1) is 11.3 Å². The summed E-state index contributed by atoms with van der Waals surface area (Å²) in [6.07, 6.45) is 0.933. The van der Waals surface area contributed by atoms with Gasteiger partial charge in [0.05, 0.1) is 9.21 Å². The Labute approximate surface area is 114 Å². The van der Waals surface area contributed by atoms with Crippen molar-refractivity contribution in [1.29, 1.82) is 0 Å². The number of nitrogens with one attached hydrogen (secondary N) is 1. The van der Waals surface area contributed by atoms with E-state index in [2.05, 4.69) is 35.1 Å². The van der Waals surface area contributed by atoms with Gasteiger partial charge in [0.15, 0.2) is 0 Å². The van der Waals surface area contributed by atoms with Gasteiger partial charge in [0, 0.05) is 11.4 Å². The highest BCUT2D eigenvalue weighted by molar-refractivity contribution is 9.09. The molecule has 0 aliphatic heterocycles. The highest BCUT2D eigenvalue weighted by Gasteiger charge is 2.17. The Kier molecular flexibility index (Phi) is 5.79. The molecule has 1 atom stereocenters. The lowest BCUT2D eigenvalue weighted by atomic mass is 10.0. The second-order valence-electron chi connectivity index (χ2n) is 3.91. The summed E-state index contributed by atoms with van der Waals surface area (Å²) in [4.78, 5) is 12.5. The van der Waals surface area contributed by atoms with Crippen molar-refractivity contribution in [3.8, 4) is 0 Å². The number of carbonyl (C=O) groups is 1. The molecule has 0 radical (unpaired) electrons. The molecular formula is C11H15BrClNOS. The SMILES string of the molecule is CC(C)C(CCBr)NC(=O)c1ccc(Cl)s1. The van der Waals surface area contributed by atoms with E-state index in [9.17, 15) is 4.79 Å². The molecule has 1 unspecified atom stereocenters. The number of thiophene rings is 1. The van der Waals surface area contributed by atoms with Crippen LogP contribution in [0.3, 0.4) is 0 Å². The maximum absolute atomic E-state index is 11.9. The Hall–Kier alpha value is -0.0600. The van der Waals surface area contributed by atoms with Gasteiger partial charge in [0.2, 0.25) is 0 Å². The van der Waals surface area contributed by atoms with Crippen molar-refractivity contribution in [2.75, 3.05) is 5.33 Å². The van der Waals surface area contributed by atoms with E-state index in [4.69, 9.17) is 11.6 Å². The summed E-state index contributed by atoms with van der Waals surface area (Å²) in [6.45, 7) is 4.21. The van der Waals surface area contributed by atoms with Crippen LogP contribution >= 0.6 is 38.9 Å². The zero-order chi connectivity index (χ0) is 12.1. The fraction of sp³-hybridized carbons (Fsp3) is 0.545. The van der Waals surface area contributed by atoms with Crippen molar-refractivity contribution in [2.24, 2.45) is 5.92 Å². The summed E-state index contributed by atoms with van der Waals surface area (Å²) in [5.74, 6) is 0.397. The van der Waals surface area contributed by atoms with Crippen molar-refractivity contribution in [1.82, 2.24) is 5.32 Å². The summed E-state index contributed by atoms with van der Waals surface area (Å²) >= 11 is 10.5. The molecule has 2 nitrogen and oxygen atoms in total. The molecular weight excluding hydrogens is 310 g/mol. The number of amides is 1. The summed E-state index contributed by atoms with van der Waals surface area (Å²) in [6, 6.07) is 3.71. The third kappa shape index (κ3) is 4.07. The van der Waals surface area contributed by atoms with E-state index in [1.165, 1.54) is 11.3 Å². The van der Waals surface area contributed by atoms with Crippen LogP contribution in [0.2, 0.25) is 4.34 Å². The number of hydrogen-bond donors (Lipinski definition) is 1. The van der Waals surface area contributed by atoms with Crippen LogP contribution in [-0.2, 0) is 0 Å². The van der Waals surface area contributed by atoms with Gasteiger partial charge in [-0.1, -0.05) is 41.4 Å². The fourth-order valence-electron chi connectivity index (χ4n) is 1.37. The first-order valence-electron chi connectivity index (χ1n) is 5.16. The van der Waals surface area contributed by atoms with Gasteiger partial charge in [-0.25, -0.2) is 0 Å². The van der Waals surface area contributed by atoms with E-state index in [0.29, 0.717) is 15.1 Å². The van der Waals surface area contributed by atoms with Crippen LogP contribution in [0, 0.1) is 5.92 Å². The lowest BCUT2D eigenvalue weighted by Gasteiger charge is -2.21. The van der Waals surface area contributed by atoms with Crippen LogP contribution in [0.5, 0.6) is 0 Å². The molecule has 0 fully saturated rings. The number of rotatable bonds is 5. The molecule has 1 N–H and O–H groups in total. The highest BCUT2D eigenvalue weighted by Crippen LogP contribution is 2.21. The maximum atomic E-state index is 11.9. The number of carbonyl (C=O) groups excluding carboxylic acids is 1. The number of hydrogen-bond acceptors (Lipinski definition) is 2. The first kappa shape index (κ1) is 14.0. The predicted octanol–water partition coefficient (Wildman–Crippen LogP) is 3.94. The smallest absolute Gasteiger partial charge is 0.261 e. The van der Waals surface area contributed by atoms with Gasteiger partial charge in [-0.2, -0.15) is 0 Å². The Balaban J connectivity index is 2.61. The second-order valence-corrected chi connectivity index (χ2v) is 6.41. The Morgan fingerprint density at radius 3 is 2.69 bits per heavy atom. The average Bonchev–Trinajstić information content (AvgIpc) is 2.64. The summed E-state index contributed by atoms with van der Waals surface area (Å²) in [5, 5.41) is 3.92. The molecule has 0 saturated carbocycles. The normalized spacial score (nSPS) is 12.8. The average molecular weight is 325 g/mol. The van der Waals surface area contributed by atoms with Crippen molar-refractivity contribution in [3.63, 3.8) is 0 Å². The third-order valence-corrected chi connectivity index (χ3v) is 4.03. The van der Waals surface area contributed by atoms with Gasteiger partial charge >= 0.3 is 0 Å². The summed E-state index contributed by atoms with van der Waals surface area (Å²) in [7, 11) is 0. The lowest BCUT2D eigenvalue weighted by molar-refractivity contribution is 0.0929. The van der Waals surface area contributed by atoms with E-state index in [-0.39, 0.29) is 11.9 Å². The molecule has 0 aliphatic rings. The first-order valence-corrected chi connectivity index (χ1v) is 7.48. The van der Waals surface area contributed by atoms with Gasteiger partial charge in [0.1, 0.15) is 0 Å². The summed E-state index contributed by atoms with van der Waals surface area (Å²) < 4.78 is 0.645. The number of alkyl halides is 1. The topological polar surface area (TPSA) is 29.1 Å². The van der Waals surface area contributed by atoms with E-state index in [1.54, 1.807) is 12.1 Å². The van der Waals surface area contributed by atoms with Crippen molar-refractivity contribution in [2.45, 2.75) is 26.3 Å². The molecule has 1 amide bonds. The predicted molar refractivity (Wildman–Crippen MR) is 73.8 cm³/mol. The van der Waals surface area contributed by atoms with E-state index in [0.717, 1.165) is 11.8 Å². The van der Waals surface area contributed by atoms with E-state index < -0.39 is 0 Å². The largest absolute Gasteiger partial charge is 0.348 e. The minimum absolute atomic E-state index is 0.0310. The van der Waals surface area contributed by atoms with Crippen molar-refractivity contribution < 1.29 is 4.79 Å². The zero-order valence-corrected chi connectivity index (χ0v) is 12.5. The van der Waals surface area contributed by atoms with Gasteiger partial charge in [-0.05, 0) is 24.5 Å². The first-order chi connectivity index (χ1) is 7.54. The van der Waals surface area contributed by atoms with Gasteiger partial charge in [0.25, 0.3) is 5.91 Å². The van der Waals surface area contributed by atoms with Crippen LogP contribution in [0.1, 0.15) is 29.9 Å². The monoisotopic (exact) mass is 323 g/mol. The minimum Gasteiger partial charge on any atom is -0.348 e. The molecule has 0 bridgehead atoms. The lowest BCUT2D eigenvalue weighted by Crippen LogP contribution is -2.38.